The number of anilines is 1. The average Bonchev–Trinajstić information content (AvgIpc) is 2.97. The molecular weight excluding hydrogens is 266 g/mol. The van der Waals surface area contributed by atoms with Gasteiger partial charge in [0.2, 0.25) is 5.82 Å². The van der Waals surface area contributed by atoms with E-state index in [9.17, 15) is 0 Å². The van der Waals surface area contributed by atoms with Gasteiger partial charge in [-0.3, -0.25) is 0 Å². The van der Waals surface area contributed by atoms with E-state index >= 15 is 0 Å². The molecule has 5 nitrogen and oxygen atoms in total. The van der Waals surface area contributed by atoms with Crippen LogP contribution in [0.3, 0.4) is 0 Å². The van der Waals surface area contributed by atoms with Crippen molar-refractivity contribution in [2.24, 2.45) is 0 Å². The van der Waals surface area contributed by atoms with Gasteiger partial charge in [-0.25, -0.2) is 0 Å². The van der Waals surface area contributed by atoms with Crippen molar-refractivity contribution in [3.63, 3.8) is 0 Å². The lowest BCUT2D eigenvalue weighted by Gasteiger charge is -2.05. The third-order valence-corrected chi connectivity index (χ3v) is 3.18. The third-order valence-electron chi connectivity index (χ3n) is 3.18. The Morgan fingerprint density at radius 1 is 1.10 bits per heavy atom. The van der Waals surface area contributed by atoms with Crippen LogP contribution in [0, 0.1) is 6.92 Å². The first-order valence-electron chi connectivity index (χ1n) is 6.52. The number of nitrogens with zero attached hydrogens (tertiary/aromatic N) is 2. The average molecular weight is 281 g/mol. The fourth-order valence-corrected chi connectivity index (χ4v) is 2.07. The van der Waals surface area contributed by atoms with Gasteiger partial charge < -0.3 is 15.0 Å². The number of hydrogen-bond acceptors (Lipinski definition) is 5. The smallest absolute Gasteiger partial charge is 0.262 e. The molecule has 0 aliphatic rings. The topological polar surface area (TPSA) is 74.2 Å². The molecule has 0 saturated heterocycles. The molecule has 2 aromatic carbocycles. The minimum atomic E-state index is 0.433. The van der Waals surface area contributed by atoms with Gasteiger partial charge in [-0.2, -0.15) is 4.98 Å². The summed E-state index contributed by atoms with van der Waals surface area (Å²) in [5, 5.41) is 4.02. The Hall–Kier alpha value is -2.82. The van der Waals surface area contributed by atoms with Crippen molar-refractivity contribution in [1.82, 2.24) is 10.1 Å². The van der Waals surface area contributed by atoms with E-state index in [2.05, 4.69) is 10.1 Å². The Kier molecular flexibility index (Phi) is 3.31. The number of aryl methyl sites for hydroxylation is 1. The Labute approximate surface area is 122 Å². The molecule has 21 heavy (non-hydrogen) atoms. The molecule has 1 heterocycles. The van der Waals surface area contributed by atoms with Gasteiger partial charge in [-0.15, -0.1) is 0 Å². The first-order chi connectivity index (χ1) is 10.2. The van der Waals surface area contributed by atoms with Crippen LogP contribution in [0.2, 0.25) is 0 Å². The molecule has 2 N–H and O–H groups in total. The summed E-state index contributed by atoms with van der Waals surface area (Å²) in [4.78, 5) is 4.43. The zero-order valence-corrected chi connectivity index (χ0v) is 11.8. The molecular formula is C16H15N3O2. The van der Waals surface area contributed by atoms with E-state index in [1.54, 1.807) is 19.2 Å². The fourth-order valence-electron chi connectivity index (χ4n) is 2.07. The summed E-state index contributed by atoms with van der Waals surface area (Å²) in [7, 11) is 1.62. The molecule has 1 aromatic heterocycles. The summed E-state index contributed by atoms with van der Waals surface area (Å²) in [5.74, 6) is 1.66. The molecule has 0 fully saturated rings. The highest BCUT2D eigenvalue weighted by Crippen LogP contribution is 2.31. The fraction of sp³-hybridized carbons (Fsp3) is 0.125. The van der Waals surface area contributed by atoms with Crippen molar-refractivity contribution in [3.8, 4) is 28.6 Å². The first-order valence-corrected chi connectivity index (χ1v) is 6.52. The normalized spacial score (nSPS) is 10.6. The monoisotopic (exact) mass is 281 g/mol. The zero-order valence-electron chi connectivity index (χ0n) is 11.8. The maximum atomic E-state index is 5.67. The van der Waals surface area contributed by atoms with Crippen molar-refractivity contribution >= 4 is 5.69 Å². The summed E-state index contributed by atoms with van der Waals surface area (Å²) in [6, 6.07) is 13.1. The van der Waals surface area contributed by atoms with Crippen LogP contribution in [0.25, 0.3) is 22.8 Å². The number of nitrogen functional groups attached to an aromatic ring is 1. The van der Waals surface area contributed by atoms with Crippen molar-refractivity contribution in [2.45, 2.75) is 6.92 Å². The van der Waals surface area contributed by atoms with Gasteiger partial charge in [0.05, 0.1) is 12.7 Å². The highest BCUT2D eigenvalue weighted by Gasteiger charge is 2.14. The lowest BCUT2D eigenvalue weighted by Crippen LogP contribution is -1.89. The highest BCUT2D eigenvalue weighted by atomic mass is 16.5. The molecule has 0 saturated carbocycles. The van der Waals surface area contributed by atoms with Crippen molar-refractivity contribution < 1.29 is 9.26 Å². The quantitative estimate of drug-likeness (QED) is 0.745. The van der Waals surface area contributed by atoms with Gasteiger partial charge >= 0.3 is 0 Å². The van der Waals surface area contributed by atoms with Crippen molar-refractivity contribution in [2.75, 3.05) is 12.8 Å². The van der Waals surface area contributed by atoms with E-state index in [-0.39, 0.29) is 0 Å². The van der Waals surface area contributed by atoms with Crippen LogP contribution >= 0.6 is 0 Å². The predicted octanol–water partition coefficient (Wildman–Crippen LogP) is 3.30. The van der Waals surface area contributed by atoms with Gasteiger partial charge in [-0.05, 0) is 43.3 Å². The van der Waals surface area contributed by atoms with E-state index in [1.807, 2.05) is 37.3 Å². The number of benzene rings is 2. The lowest BCUT2D eigenvalue weighted by molar-refractivity contribution is 0.405. The molecule has 0 bridgehead atoms. The summed E-state index contributed by atoms with van der Waals surface area (Å²) >= 11 is 0. The number of aromatic nitrogens is 2. The van der Waals surface area contributed by atoms with Gasteiger partial charge in [0.25, 0.3) is 5.89 Å². The van der Waals surface area contributed by atoms with Crippen LogP contribution in [0.1, 0.15) is 5.56 Å². The highest BCUT2D eigenvalue weighted by molar-refractivity contribution is 5.66. The molecule has 0 unspecified atom stereocenters. The second-order valence-electron chi connectivity index (χ2n) is 4.75. The largest absolute Gasteiger partial charge is 0.496 e. The second kappa shape index (κ2) is 5.28. The van der Waals surface area contributed by atoms with E-state index in [4.69, 9.17) is 15.0 Å². The number of ether oxygens (including phenoxy) is 1. The maximum Gasteiger partial charge on any atom is 0.262 e. The summed E-state index contributed by atoms with van der Waals surface area (Å²) in [5.41, 5.74) is 9.10. The number of rotatable bonds is 3. The van der Waals surface area contributed by atoms with E-state index in [0.717, 1.165) is 16.7 Å². The van der Waals surface area contributed by atoms with E-state index < -0.39 is 0 Å². The van der Waals surface area contributed by atoms with Gasteiger partial charge in [0, 0.05) is 11.3 Å². The summed E-state index contributed by atoms with van der Waals surface area (Å²) < 4.78 is 10.7. The molecule has 0 aliphatic heterocycles. The van der Waals surface area contributed by atoms with Crippen LogP contribution in [-0.2, 0) is 0 Å². The summed E-state index contributed by atoms with van der Waals surface area (Å²) in [6.45, 7) is 2.00. The van der Waals surface area contributed by atoms with Crippen LogP contribution in [-0.4, -0.2) is 17.3 Å². The summed E-state index contributed by atoms with van der Waals surface area (Å²) in [6.07, 6.45) is 0. The number of hydrogen-bond donors (Lipinski definition) is 1. The predicted molar refractivity (Wildman–Crippen MR) is 80.9 cm³/mol. The second-order valence-corrected chi connectivity index (χ2v) is 4.75. The molecule has 0 amide bonds. The van der Waals surface area contributed by atoms with Gasteiger partial charge in [0.1, 0.15) is 5.75 Å². The Morgan fingerprint density at radius 3 is 2.57 bits per heavy atom. The Bertz CT molecular complexity index is 763. The van der Waals surface area contributed by atoms with Crippen molar-refractivity contribution in [3.05, 3.63) is 48.0 Å². The maximum absolute atomic E-state index is 5.67. The molecule has 106 valence electrons. The molecule has 0 spiro atoms. The molecule has 0 aliphatic carbocycles. The lowest BCUT2D eigenvalue weighted by atomic mass is 10.1. The minimum Gasteiger partial charge on any atom is -0.496 e. The van der Waals surface area contributed by atoms with Crippen molar-refractivity contribution in [1.29, 1.82) is 0 Å². The van der Waals surface area contributed by atoms with Crippen LogP contribution < -0.4 is 10.5 Å². The van der Waals surface area contributed by atoms with Crippen LogP contribution in [0.15, 0.2) is 47.0 Å². The molecule has 3 aromatic rings. The zero-order chi connectivity index (χ0) is 14.8. The van der Waals surface area contributed by atoms with Crippen LogP contribution in [0.4, 0.5) is 5.69 Å². The molecule has 3 rings (SSSR count). The standard InChI is InChI=1S/C16H15N3O2/c1-10-3-8-14(20-2)13(9-10)16-18-15(19-21-16)11-4-6-12(17)7-5-11/h3-9H,17H2,1-2H3. The van der Waals surface area contributed by atoms with E-state index in [0.29, 0.717) is 23.2 Å². The SMILES string of the molecule is COc1ccc(C)cc1-c1nc(-c2ccc(N)cc2)no1. The molecule has 5 heteroatoms. The number of methoxy groups -OCH3 is 1. The number of nitrogens with two attached hydrogens (primary N) is 1. The van der Waals surface area contributed by atoms with Gasteiger partial charge in [-0.1, -0.05) is 16.8 Å². The Morgan fingerprint density at radius 2 is 1.86 bits per heavy atom. The van der Waals surface area contributed by atoms with E-state index in [1.165, 1.54) is 0 Å². The third kappa shape index (κ3) is 2.58. The minimum absolute atomic E-state index is 0.433. The molecule has 0 radical (unpaired) electrons. The Balaban J connectivity index is 2.02. The molecule has 0 atom stereocenters. The van der Waals surface area contributed by atoms with Gasteiger partial charge in [0.15, 0.2) is 0 Å². The van der Waals surface area contributed by atoms with Crippen LogP contribution in [0.5, 0.6) is 5.75 Å². The first kappa shape index (κ1) is 13.2.